The zero-order valence-electron chi connectivity index (χ0n) is 10.6. The topological polar surface area (TPSA) is 47.6 Å². The van der Waals surface area contributed by atoms with E-state index >= 15 is 0 Å². The van der Waals surface area contributed by atoms with Gasteiger partial charge in [0.2, 0.25) is 0 Å². The van der Waals surface area contributed by atoms with Crippen molar-refractivity contribution in [3.63, 3.8) is 0 Å². The average Bonchev–Trinajstić information content (AvgIpc) is 2.46. The highest BCUT2D eigenvalue weighted by atomic mass is 16.5. The molecule has 1 fully saturated rings. The van der Waals surface area contributed by atoms with E-state index in [-0.39, 0.29) is 12.0 Å². The van der Waals surface area contributed by atoms with Gasteiger partial charge in [-0.15, -0.1) is 0 Å². The van der Waals surface area contributed by atoms with Crippen LogP contribution in [0.1, 0.15) is 24.4 Å². The lowest BCUT2D eigenvalue weighted by Gasteiger charge is -2.27. The monoisotopic (exact) mass is 249 g/mol. The van der Waals surface area contributed by atoms with Crippen LogP contribution in [0.2, 0.25) is 0 Å². The molecule has 0 amide bonds. The van der Waals surface area contributed by atoms with Gasteiger partial charge >= 0.3 is 5.97 Å². The van der Waals surface area contributed by atoms with Gasteiger partial charge in [0.25, 0.3) is 0 Å². The summed E-state index contributed by atoms with van der Waals surface area (Å²) >= 11 is 0. The van der Waals surface area contributed by atoms with E-state index in [1.807, 2.05) is 30.3 Å². The van der Waals surface area contributed by atoms with Crippen molar-refractivity contribution in [1.82, 2.24) is 5.32 Å². The summed E-state index contributed by atoms with van der Waals surface area (Å²) in [6.07, 6.45) is 2.06. The Labute approximate surface area is 107 Å². The Morgan fingerprint density at radius 3 is 2.83 bits per heavy atom. The third kappa shape index (κ3) is 3.31. The first kappa shape index (κ1) is 13.1. The molecule has 0 saturated carbocycles. The number of nitrogens with one attached hydrogen (secondary N) is 1. The van der Waals surface area contributed by atoms with Crippen LogP contribution in [0.25, 0.3) is 0 Å². The fraction of sp³-hybridized carbons (Fsp3) is 0.500. The number of hydrogen-bond acceptors (Lipinski definition) is 4. The van der Waals surface area contributed by atoms with E-state index < -0.39 is 6.04 Å². The lowest BCUT2D eigenvalue weighted by atomic mass is 10.0. The van der Waals surface area contributed by atoms with Crippen LogP contribution in [0.3, 0.4) is 0 Å². The molecular formula is C14H19NO3. The second-order valence-electron chi connectivity index (χ2n) is 4.45. The molecule has 1 aromatic rings. The van der Waals surface area contributed by atoms with Crippen molar-refractivity contribution in [2.75, 3.05) is 20.3 Å². The van der Waals surface area contributed by atoms with Crippen LogP contribution in [-0.2, 0) is 14.3 Å². The summed E-state index contributed by atoms with van der Waals surface area (Å²) < 4.78 is 10.3. The lowest BCUT2D eigenvalue weighted by molar-refractivity contribution is -0.143. The Hall–Kier alpha value is -1.39. The van der Waals surface area contributed by atoms with Crippen molar-refractivity contribution in [3.8, 4) is 0 Å². The molecule has 2 atom stereocenters. The molecule has 4 nitrogen and oxygen atoms in total. The number of carbonyl (C=O) groups excluding carboxylic acids is 1. The first-order valence-corrected chi connectivity index (χ1v) is 6.28. The lowest BCUT2D eigenvalue weighted by Crippen LogP contribution is -2.42. The molecule has 1 aromatic carbocycles. The van der Waals surface area contributed by atoms with Crippen molar-refractivity contribution in [2.24, 2.45) is 0 Å². The summed E-state index contributed by atoms with van der Waals surface area (Å²) in [6.45, 7) is 1.47. The van der Waals surface area contributed by atoms with Crippen LogP contribution < -0.4 is 5.32 Å². The number of rotatable bonds is 4. The molecule has 18 heavy (non-hydrogen) atoms. The van der Waals surface area contributed by atoms with Gasteiger partial charge in [-0.05, 0) is 18.4 Å². The number of hydrogen-bond donors (Lipinski definition) is 1. The number of methoxy groups -OCH3 is 1. The fourth-order valence-corrected chi connectivity index (χ4v) is 2.17. The van der Waals surface area contributed by atoms with E-state index in [1.54, 1.807) is 0 Å². The fourth-order valence-electron chi connectivity index (χ4n) is 2.17. The molecule has 0 radical (unpaired) electrons. The molecule has 0 spiro atoms. The Balaban J connectivity index is 2.07. The standard InChI is InChI=1S/C14H19NO3/c1-17-14(16)13(11-6-3-2-4-7-11)15-12-8-5-9-18-10-12/h2-4,6-7,12-13,15H,5,8-10H2,1H3. The Bertz CT molecular complexity index is 374. The molecule has 0 aromatic heterocycles. The van der Waals surface area contributed by atoms with Gasteiger partial charge < -0.3 is 9.47 Å². The van der Waals surface area contributed by atoms with E-state index in [4.69, 9.17) is 9.47 Å². The van der Waals surface area contributed by atoms with E-state index in [1.165, 1.54) is 7.11 Å². The Morgan fingerprint density at radius 2 is 2.22 bits per heavy atom. The first-order valence-electron chi connectivity index (χ1n) is 6.28. The molecular weight excluding hydrogens is 230 g/mol. The predicted molar refractivity (Wildman–Crippen MR) is 68.2 cm³/mol. The summed E-state index contributed by atoms with van der Waals surface area (Å²) in [4.78, 5) is 11.9. The molecule has 1 aliphatic rings. The quantitative estimate of drug-likeness (QED) is 0.825. The Kier molecular flexibility index (Phi) is 4.73. The van der Waals surface area contributed by atoms with E-state index in [9.17, 15) is 4.79 Å². The van der Waals surface area contributed by atoms with Crippen molar-refractivity contribution >= 4 is 5.97 Å². The van der Waals surface area contributed by atoms with E-state index in [2.05, 4.69) is 5.32 Å². The van der Waals surface area contributed by atoms with E-state index in [0.717, 1.165) is 25.0 Å². The third-order valence-corrected chi connectivity index (χ3v) is 3.13. The minimum absolute atomic E-state index is 0.211. The average molecular weight is 249 g/mol. The number of carbonyl (C=O) groups is 1. The Morgan fingerprint density at radius 1 is 1.44 bits per heavy atom. The van der Waals surface area contributed by atoms with E-state index in [0.29, 0.717) is 6.61 Å². The summed E-state index contributed by atoms with van der Waals surface area (Å²) in [5.74, 6) is -0.258. The van der Waals surface area contributed by atoms with Crippen molar-refractivity contribution in [3.05, 3.63) is 35.9 Å². The predicted octanol–water partition coefficient (Wildman–Crippen LogP) is 1.67. The maximum atomic E-state index is 11.9. The molecule has 0 aliphatic carbocycles. The van der Waals surface area contributed by atoms with Gasteiger partial charge in [-0.2, -0.15) is 0 Å². The van der Waals surface area contributed by atoms with Gasteiger partial charge in [0, 0.05) is 12.6 Å². The first-order chi connectivity index (χ1) is 8.81. The number of ether oxygens (including phenoxy) is 2. The molecule has 2 unspecified atom stereocenters. The second kappa shape index (κ2) is 6.52. The van der Waals surface area contributed by atoms with Crippen LogP contribution in [0.5, 0.6) is 0 Å². The molecule has 98 valence electrons. The molecule has 1 saturated heterocycles. The SMILES string of the molecule is COC(=O)C(NC1CCCOC1)c1ccccc1. The smallest absolute Gasteiger partial charge is 0.327 e. The largest absolute Gasteiger partial charge is 0.468 e. The third-order valence-electron chi connectivity index (χ3n) is 3.13. The second-order valence-corrected chi connectivity index (χ2v) is 4.45. The van der Waals surface area contributed by atoms with Crippen LogP contribution in [-0.4, -0.2) is 32.3 Å². The number of benzene rings is 1. The van der Waals surface area contributed by atoms with Crippen LogP contribution in [0, 0.1) is 0 Å². The van der Waals surface area contributed by atoms with Gasteiger partial charge in [0.15, 0.2) is 0 Å². The normalized spacial score (nSPS) is 21.3. The number of esters is 1. The summed E-state index contributed by atoms with van der Waals surface area (Å²) in [7, 11) is 1.41. The zero-order chi connectivity index (χ0) is 12.8. The molecule has 0 bridgehead atoms. The summed E-state index contributed by atoms with van der Waals surface area (Å²) in [6, 6.07) is 9.43. The molecule has 2 rings (SSSR count). The summed E-state index contributed by atoms with van der Waals surface area (Å²) in [5.41, 5.74) is 0.926. The minimum Gasteiger partial charge on any atom is -0.468 e. The van der Waals surface area contributed by atoms with Gasteiger partial charge in [-0.25, -0.2) is 4.79 Å². The van der Waals surface area contributed by atoms with Crippen LogP contribution in [0.4, 0.5) is 0 Å². The van der Waals surface area contributed by atoms with Crippen molar-refractivity contribution in [1.29, 1.82) is 0 Å². The van der Waals surface area contributed by atoms with Crippen molar-refractivity contribution < 1.29 is 14.3 Å². The minimum atomic E-state index is -0.414. The van der Waals surface area contributed by atoms with Crippen LogP contribution in [0.15, 0.2) is 30.3 Å². The maximum absolute atomic E-state index is 11.9. The highest BCUT2D eigenvalue weighted by molar-refractivity contribution is 5.77. The summed E-state index contributed by atoms with van der Waals surface area (Å²) in [5, 5.41) is 3.32. The van der Waals surface area contributed by atoms with Crippen molar-refractivity contribution in [2.45, 2.75) is 24.9 Å². The van der Waals surface area contributed by atoms with Gasteiger partial charge in [-0.3, -0.25) is 5.32 Å². The molecule has 1 aliphatic heterocycles. The van der Waals surface area contributed by atoms with Gasteiger partial charge in [0.1, 0.15) is 6.04 Å². The van der Waals surface area contributed by atoms with Crippen LogP contribution >= 0.6 is 0 Å². The van der Waals surface area contributed by atoms with Gasteiger partial charge in [-0.1, -0.05) is 30.3 Å². The molecule has 1 heterocycles. The highest BCUT2D eigenvalue weighted by Gasteiger charge is 2.25. The maximum Gasteiger partial charge on any atom is 0.327 e. The zero-order valence-corrected chi connectivity index (χ0v) is 10.6. The molecule has 1 N–H and O–H groups in total. The highest BCUT2D eigenvalue weighted by Crippen LogP contribution is 2.17. The molecule has 4 heteroatoms. The van der Waals surface area contributed by atoms with Gasteiger partial charge in [0.05, 0.1) is 13.7 Å².